The van der Waals surface area contributed by atoms with Gasteiger partial charge in [0, 0.05) is 12.0 Å². The summed E-state index contributed by atoms with van der Waals surface area (Å²) < 4.78 is 5.22. The molecule has 0 radical (unpaired) electrons. The molecule has 1 unspecified atom stereocenters. The molecule has 0 aliphatic carbocycles. The van der Waals surface area contributed by atoms with E-state index < -0.39 is 6.10 Å². The highest BCUT2D eigenvalue weighted by Gasteiger charge is 2.13. The Morgan fingerprint density at radius 2 is 1.82 bits per heavy atom. The molecule has 2 aromatic rings. The standard InChI is InChI=1S/C15H18O2/c1-10-5-4-6-11(2)14(10)8-15(16)13-7-12(3)17-9-13/h4-7,9,15-16H,8H2,1-3H3. The zero-order valence-corrected chi connectivity index (χ0v) is 10.5. The van der Waals surface area contributed by atoms with E-state index in [1.807, 2.05) is 19.1 Å². The number of hydrogen-bond donors (Lipinski definition) is 1. The molecule has 0 saturated carbocycles. The summed E-state index contributed by atoms with van der Waals surface area (Å²) in [5, 5.41) is 10.2. The van der Waals surface area contributed by atoms with Gasteiger partial charge in [-0.3, -0.25) is 0 Å². The number of benzene rings is 1. The number of aryl methyl sites for hydroxylation is 3. The molecule has 0 saturated heterocycles. The first kappa shape index (κ1) is 11.9. The van der Waals surface area contributed by atoms with E-state index in [1.54, 1.807) is 6.26 Å². The lowest BCUT2D eigenvalue weighted by Gasteiger charge is -2.13. The van der Waals surface area contributed by atoms with Crippen molar-refractivity contribution in [3.05, 3.63) is 58.5 Å². The highest BCUT2D eigenvalue weighted by atomic mass is 16.3. The van der Waals surface area contributed by atoms with E-state index in [0.717, 1.165) is 11.3 Å². The highest BCUT2D eigenvalue weighted by molar-refractivity contribution is 5.35. The number of aliphatic hydroxyl groups is 1. The van der Waals surface area contributed by atoms with Crippen LogP contribution in [-0.2, 0) is 6.42 Å². The maximum absolute atomic E-state index is 10.2. The molecule has 1 aromatic heterocycles. The normalized spacial score (nSPS) is 12.7. The number of rotatable bonds is 3. The van der Waals surface area contributed by atoms with E-state index in [2.05, 4.69) is 26.0 Å². The van der Waals surface area contributed by atoms with Gasteiger partial charge < -0.3 is 9.52 Å². The second-order valence-electron chi connectivity index (χ2n) is 4.58. The Kier molecular flexibility index (Phi) is 3.34. The Hall–Kier alpha value is -1.54. The third kappa shape index (κ3) is 2.59. The molecule has 1 atom stereocenters. The monoisotopic (exact) mass is 230 g/mol. The van der Waals surface area contributed by atoms with Crippen LogP contribution in [0.4, 0.5) is 0 Å². The van der Waals surface area contributed by atoms with E-state index in [9.17, 15) is 5.11 Å². The van der Waals surface area contributed by atoms with Crippen LogP contribution < -0.4 is 0 Å². The molecule has 2 heteroatoms. The van der Waals surface area contributed by atoms with Crippen LogP contribution in [0.15, 0.2) is 34.9 Å². The topological polar surface area (TPSA) is 33.4 Å². The number of aliphatic hydroxyl groups excluding tert-OH is 1. The SMILES string of the molecule is Cc1cc(C(O)Cc2c(C)cccc2C)co1. The molecule has 2 nitrogen and oxygen atoms in total. The summed E-state index contributed by atoms with van der Waals surface area (Å²) in [6.45, 7) is 6.04. The first-order chi connectivity index (χ1) is 8.08. The lowest BCUT2D eigenvalue weighted by Crippen LogP contribution is -2.03. The van der Waals surface area contributed by atoms with Crippen molar-refractivity contribution in [2.24, 2.45) is 0 Å². The van der Waals surface area contributed by atoms with Crippen molar-refractivity contribution in [3.8, 4) is 0 Å². The first-order valence-electron chi connectivity index (χ1n) is 5.86. The molecule has 0 fully saturated rings. The summed E-state index contributed by atoms with van der Waals surface area (Å²) in [6, 6.07) is 8.09. The van der Waals surface area contributed by atoms with Gasteiger partial charge in [-0.05, 0) is 43.5 Å². The fourth-order valence-corrected chi connectivity index (χ4v) is 2.12. The Bertz CT molecular complexity index is 491. The van der Waals surface area contributed by atoms with Gasteiger partial charge in [0.2, 0.25) is 0 Å². The molecule has 0 aliphatic rings. The van der Waals surface area contributed by atoms with Crippen LogP contribution in [0.3, 0.4) is 0 Å². The third-order valence-electron chi connectivity index (χ3n) is 3.18. The lowest BCUT2D eigenvalue weighted by molar-refractivity contribution is 0.177. The zero-order chi connectivity index (χ0) is 12.4. The molecule has 0 amide bonds. The van der Waals surface area contributed by atoms with E-state index in [4.69, 9.17) is 4.42 Å². The molecule has 1 aromatic carbocycles. The van der Waals surface area contributed by atoms with Gasteiger partial charge in [-0.15, -0.1) is 0 Å². The predicted molar refractivity (Wildman–Crippen MR) is 68.0 cm³/mol. The zero-order valence-electron chi connectivity index (χ0n) is 10.5. The van der Waals surface area contributed by atoms with E-state index in [-0.39, 0.29) is 0 Å². The van der Waals surface area contributed by atoms with Crippen molar-refractivity contribution >= 4 is 0 Å². The quantitative estimate of drug-likeness (QED) is 0.875. The van der Waals surface area contributed by atoms with Gasteiger partial charge in [0.15, 0.2) is 0 Å². The lowest BCUT2D eigenvalue weighted by atomic mass is 9.95. The maximum atomic E-state index is 10.2. The van der Waals surface area contributed by atoms with Crippen LogP contribution in [0.2, 0.25) is 0 Å². The van der Waals surface area contributed by atoms with Gasteiger partial charge in [-0.2, -0.15) is 0 Å². The number of furan rings is 1. The molecule has 1 heterocycles. The minimum Gasteiger partial charge on any atom is -0.469 e. The molecule has 0 bridgehead atoms. The van der Waals surface area contributed by atoms with Crippen LogP contribution in [0.25, 0.3) is 0 Å². The minimum absolute atomic E-state index is 0.493. The van der Waals surface area contributed by atoms with Crippen LogP contribution >= 0.6 is 0 Å². The molecule has 1 N–H and O–H groups in total. The van der Waals surface area contributed by atoms with Gasteiger partial charge in [0.25, 0.3) is 0 Å². The summed E-state index contributed by atoms with van der Waals surface area (Å²) in [7, 11) is 0. The van der Waals surface area contributed by atoms with Crippen molar-refractivity contribution < 1.29 is 9.52 Å². The molecule has 0 spiro atoms. The van der Waals surface area contributed by atoms with Gasteiger partial charge in [-0.1, -0.05) is 18.2 Å². The predicted octanol–water partition coefficient (Wildman–Crippen LogP) is 3.48. The van der Waals surface area contributed by atoms with Gasteiger partial charge in [0.05, 0.1) is 12.4 Å². The molecule has 0 aliphatic heterocycles. The average Bonchev–Trinajstić information content (AvgIpc) is 2.70. The Labute approximate surface area is 102 Å². The molecule has 17 heavy (non-hydrogen) atoms. The largest absolute Gasteiger partial charge is 0.469 e. The van der Waals surface area contributed by atoms with Crippen molar-refractivity contribution in [2.75, 3.05) is 0 Å². The van der Waals surface area contributed by atoms with Crippen molar-refractivity contribution in [1.82, 2.24) is 0 Å². The average molecular weight is 230 g/mol. The van der Waals surface area contributed by atoms with Crippen LogP contribution in [0, 0.1) is 20.8 Å². The van der Waals surface area contributed by atoms with Crippen molar-refractivity contribution in [1.29, 1.82) is 0 Å². The molecule has 2 rings (SSSR count). The van der Waals surface area contributed by atoms with Gasteiger partial charge in [-0.25, -0.2) is 0 Å². The second-order valence-corrected chi connectivity index (χ2v) is 4.58. The third-order valence-corrected chi connectivity index (χ3v) is 3.18. The Balaban J connectivity index is 2.21. The summed E-state index contributed by atoms with van der Waals surface area (Å²) in [4.78, 5) is 0. The fourth-order valence-electron chi connectivity index (χ4n) is 2.12. The first-order valence-corrected chi connectivity index (χ1v) is 5.86. The second kappa shape index (κ2) is 4.76. The maximum Gasteiger partial charge on any atom is 0.101 e. The Morgan fingerprint density at radius 1 is 1.18 bits per heavy atom. The van der Waals surface area contributed by atoms with E-state index in [1.165, 1.54) is 16.7 Å². The molecule has 90 valence electrons. The van der Waals surface area contributed by atoms with Crippen molar-refractivity contribution in [3.63, 3.8) is 0 Å². The number of hydrogen-bond acceptors (Lipinski definition) is 2. The van der Waals surface area contributed by atoms with Crippen molar-refractivity contribution in [2.45, 2.75) is 33.3 Å². The highest BCUT2D eigenvalue weighted by Crippen LogP contribution is 2.24. The van der Waals surface area contributed by atoms with Gasteiger partial charge in [0.1, 0.15) is 5.76 Å². The van der Waals surface area contributed by atoms with Crippen LogP contribution in [0.5, 0.6) is 0 Å². The smallest absolute Gasteiger partial charge is 0.101 e. The summed E-state index contributed by atoms with van der Waals surface area (Å²) in [5.74, 6) is 0.834. The van der Waals surface area contributed by atoms with Gasteiger partial charge >= 0.3 is 0 Å². The van der Waals surface area contributed by atoms with Crippen LogP contribution in [0.1, 0.15) is 34.1 Å². The molecular formula is C15H18O2. The van der Waals surface area contributed by atoms with E-state index in [0.29, 0.717) is 6.42 Å². The summed E-state index contributed by atoms with van der Waals surface area (Å²) in [6.07, 6.45) is 1.78. The summed E-state index contributed by atoms with van der Waals surface area (Å²) >= 11 is 0. The molecular weight excluding hydrogens is 212 g/mol. The van der Waals surface area contributed by atoms with E-state index >= 15 is 0 Å². The van der Waals surface area contributed by atoms with Crippen LogP contribution in [-0.4, -0.2) is 5.11 Å². The Morgan fingerprint density at radius 3 is 2.35 bits per heavy atom. The minimum atomic E-state index is -0.493. The summed E-state index contributed by atoms with van der Waals surface area (Å²) in [5.41, 5.74) is 4.53. The fraction of sp³-hybridized carbons (Fsp3) is 0.333.